The van der Waals surface area contributed by atoms with Crippen LogP contribution < -0.4 is 5.32 Å². The number of carbonyl (C=O) groups excluding carboxylic acids is 2. The number of ether oxygens (including phenoxy) is 2. The largest absolute Gasteiger partial charge is 0.467 e. The van der Waals surface area contributed by atoms with Crippen LogP contribution in [0.5, 0.6) is 0 Å². The molecule has 0 aliphatic heterocycles. The highest BCUT2D eigenvalue weighted by molar-refractivity contribution is 5.82. The number of hydrogen-bond donors (Lipinski definition) is 1. The molecule has 134 valence electrons. The summed E-state index contributed by atoms with van der Waals surface area (Å²) in [6, 6.07) is 2.72. The van der Waals surface area contributed by atoms with Gasteiger partial charge in [0.15, 0.2) is 5.69 Å². The van der Waals surface area contributed by atoms with Gasteiger partial charge in [-0.25, -0.2) is 14.4 Å². The maximum atomic E-state index is 11.9. The van der Waals surface area contributed by atoms with Crippen LogP contribution in [-0.2, 0) is 20.7 Å². The Morgan fingerprint density at radius 2 is 2.04 bits per heavy atom. The monoisotopic (exact) mass is 349 g/mol. The number of nitrogens with one attached hydrogen (secondary N) is 1. The van der Waals surface area contributed by atoms with Crippen LogP contribution in [0.1, 0.15) is 26.3 Å². The third-order valence-corrected chi connectivity index (χ3v) is 3.00. The summed E-state index contributed by atoms with van der Waals surface area (Å²) in [5.41, 5.74) is -0.795. The van der Waals surface area contributed by atoms with Gasteiger partial charge in [-0.15, -0.1) is 0 Å². The molecule has 0 saturated heterocycles. The van der Waals surface area contributed by atoms with Crippen molar-refractivity contribution in [1.82, 2.24) is 5.32 Å². The number of amides is 1. The van der Waals surface area contributed by atoms with Crippen molar-refractivity contribution in [3.63, 3.8) is 0 Å². The molecule has 1 amide bonds. The zero-order valence-electron chi connectivity index (χ0n) is 14.4. The lowest BCUT2D eigenvalue weighted by Crippen LogP contribution is -2.45. The van der Waals surface area contributed by atoms with E-state index in [4.69, 9.17) is 11.3 Å². The van der Waals surface area contributed by atoms with Crippen LogP contribution in [0, 0.1) is 16.7 Å². The van der Waals surface area contributed by atoms with Crippen molar-refractivity contribution in [2.24, 2.45) is 0 Å². The molecule has 1 aromatic carbocycles. The van der Waals surface area contributed by atoms with Crippen molar-refractivity contribution in [3.05, 3.63) is 45.3 Å². The fourth-order valence-electron chi connectivity index (χ4n) is 1.97. The Bertz CT molecular complexity index is 718. The standard InChI is InChI=1S/C16H19N3O6/c1-16(2,3)25-15(21)18-12(14(20)24-5)8-10-6-7-11(17-4)9-13(10)19(22)23/h6-7,9,12H,8H2,1-3,5H3,(H,18,21)/t12-/m0/s1. The second-order valence-corrected chi connectivity index (χ2v) is 6.11. The third kappa shape index (κ3) is 6.10. The molecule has 0 aromatic heterocycles. The number of nitro benzene ring substituents is 1. The molecule has 1 aromatic rings. The summed E-state index contributed by atoms with van der Waals surface area (Å²) in [5.74, 6) is -0.769. The van der Waals surface area contributed by atoms with E-state index in [1.807, 2.05) is 0 Å². The number of rotatable bonds is 5. The van der Waals surface area contributed by atoms with Gasteiger partial charge < -0.3 is 14.8 Å². The van der Waals surface area contributed by atoms with Crippen LogP contribution in [-0.4, -0.2) is 35.7 Å². The molecule has 9 nitrogen and oxygen atoms in total. The number of hydrogen-bond acceptors (Lipinski definition) is 6. The Morgan fingerprint density at radius 1 is 1.40 bits per heavy atom. The molecule has 0 heterocycles. The van der Waals surface area contributed by atoms with Gasteiger partial charge in [0.2, 0.25) is 0 Å². The van der Waals surface area contributed by atoms with Gasteiger partial charge >= 0.3 is 12.1 Å². The van der Waals surface area contributed by atoms with Crippen LogP contribution in [0.15, 0.2) is 18.2 Å². The van der Waals surface area contributed by atoms with Crippen molar-refractivity contribution in [2.75, 3.05) is 7.11 Å². The molecule has 0 radical (unpaired) electrons. The molecule has 1 rings (SSSR count). The lowest BCUT2D eigenvalue weighted by atomic mass is 10.0. The maximum absolute atomic E-state index is 11.9. The van der Waals surface area contributed by atoms with E-state index in [-0.39, 0.29) is 23.4 Å². The summed E-state index contributed by atoms with van der Waals surface area (Å²) in [4.78, 5) is 37.5. The molecule has 0 aliphatic rings. The van der Waals surface area contributed by atoms with Gasteiger partial charge in [-0.2, -0.15) is 0 Å². The number of esters is 1. The summed E-state index contributed by atoms with van der Waals surface area (Å²) in [6.45, 7) is 11.9. The Kier molecular flexibility index (Phi) is 6.45. The Morgan fingerprint density at radius 3 is 2.52 bits per heavy atom. The van der Waals surface area contributed by atoms with E-state index < -0.39 is 28.6 Å². The lowest BCUT2D eigenvalue weighted by molar-refractivity contribution is -0.385. The van der Waals surface area contributed by atoms with Crippen LogP contribution >= 0.6 is 0 Å². The Balaban J connectivity index is 3.07. The van der Waals surface area contributed by atoms with Crippen LogP contribution in [0.3, 0.4) is 0 Å². The molecule has 0 aliphatic carbocycles. The number of nitro groups is 1. The number of nitrogens with zero attached hydrogens (tertiary/aromatic N) is 2. The smallest absolute Gasteiger partial charge is 0.408 e. The highest BCUT2D eigenvalue weighted by Gasteiger charge is 2.28. The zero-order valence-corrected chi connectivity index (χ0v) is 14.4. The summed E-state index contributed by atoms with van der Waals surface area (Å²) < 4.78 is 9.72. The summed E-state index contributed by atoms with van der Waals surface area (Å²) in [5, 5.41) is 13.5. The van der Waals surface area contributed by atoms with Crippen molar-refractivity contribution in [1.29, 1.82) is 0 Å². The molecule has 25 heavy (non-hydrogen) atoms. The van der Waals surface area contributed by atoms with Gasteiger partial charge in [-0.05, 0) is 20.8 Å². The third-order valence-electron chi connectivity index (χ3n) is 3.00. The molecule has 1 atom stereocenters. The topological polar surface area (TPSA) is 112 Å². The SMILES string of the molecule is [C-]#[N+]c1ccc(C[C@H](NC(=O)OC(C)(C)C)C(=O)OC)c([N+](=O)[O-])c1. The molecular formula is C16H19N3O6. The summed E-state index contributed by atoms with van der Waals surface area (Å²) in [7, 11) is 1.14. The minimum Gasteiger partial charge on any atom is -0.467 e. The number of benzene rings is 1. The first-order valence-corrected chi connectivity index (χ1v) is 7.29. The fourth-order valence-corrected chi connectivity index (χ4v) is 1.97. The summed E-state index contributed by atoms with van der Waals surface area (Å²) >= 11 is 0. The Hall–Kier alpha value is -3.15. The van der Waals surface area contributed by atoms with E-state index in [1.165, 1.54) is 12.1 Å². The minimum absolute atomic E-state index is 0.102. The molecule has 0 spiro atoms. The van der Waals surface area contributed by atoms with E-state index >= 15 is 0 Å². The van der Waals surface area contributed by atoms with Crippen molar-refractivity contribution < 1.29 is 24.0 Å². The minimum atomic E-state index is -1.17. The van der Waals surface area contributed by atoms with E-state index in [0.29, 0.717) is 0 Å². The number of methoxy groups -OCH3 is 1. The molecule has 0 bridgehead atoms. The number of alkyl carbamates (subject to hydrolysis) is 1. The number of carbonyl (C=O) groups is 2. The molecule has 0 saturated carbocycles. The van der Waals surface area contributed by atoms with Crippen LogP contribution in [0.25, 0.3) is 4.85 Å². The van der Waals surface area contributed by atoms with Crippen LogP contribution in [0.4, 0.5) is 16.2 Å². The van der Waals surface area contributed by atoms with Crippen molar-refractivity contribution in [2.45, 2.75) is 38.8 Å². The van der Waals surface area contributed by atoms with Gasteiger partial charge in [0, 0.05) is 18.1 Å². The van der Waals surface area contributed by atoms with E-state index in [2.05, 4.69) is 14.9 Å². The molecular weight excluding hydrogens is 330 g/mol. The lowest BCUT2D eigenvalue weighted by Gasteiger charge is -2.22. The first-order chi connectivity index (χ1) is 11.6. The van der Waals surface area contributed by atoms with Gasteiger partial charge in [0.1, 0.15) is 11.6 Å². The predicted molar refractivity (Wildman–Crippen MR) is 88.2 cm³/mol. The molecule has 1 N–H and O–H groups in total. The fraction of sp³-hybridized carbons (Fsp3) is 0.438. The molecule has 0 unspecified atom stereocenters. The second-order valence-electron chi connectivity index (χ2n) is 6.11. The normalized spacial score (nSPS) is 11.8. The van der Waals surface area contributed by atoms with E-state index in [1.54, 1.807) is 20.8 Å². The van der Waals surface area contributed by atoms with Crippen LogP contribution in [0.2, 0.25) is 0 Å². The highest BCUT2D eigenvalue weighted by atomic mass is 16.6. The average molecular weight is 349 g/mol. The molecule has 0 fully saturated rings. The molecule has 9 heteroatoms. The summed E-state index contributed by atoms with van der Waals surface area (Å²) in [6.07, 6.45) is -1.02. The van der Waals surface area contributed by atoms with Crippen molar-refractivity contribution >= 4 is 23.4 Å². The van der Waals surface area contributed by atoms with Gasteiger partial charge in [0.05, 0.1) is 18.6 Å². The van der Waals surface area contributed by atoms with Crippen molar-refractivity contribution in [3.8, 4) is 0 Å². The maximum Gasteiger partial charge on any atom is 0.408 e. The van der Waals surface area contributed by atoms with E-state index in [9.17, 15) is 19.7 Å². The quantitative estimate of drug-likeness (QED) is 0.378. The average Bonchev–Trinajstić information content (AvgIpc) is 2.51. The predicted octanol–water partition coefficient (Wildman–Crippen LogP) is 2.75. The zero-order chi connectivity index (χ0) is 19.2. The first-order valence-electron chi connectivity index (χ1n) is 7.29. The van der Waals surface area contributed by atoms with Gasteiger partial charge in [0.25, 0.3) is 5.69 Å². The van der Waals surface area contributed by atoms with Gasteiger partial charge in [-0.1, -0.05) is 12.1 Å². The van der Waals surface area contributed by atoms with Gasteiger partial charge in [-0.3, -0.25) is 10.1 Å². The Labute approximate surface area is 144 Å². The highest BCUT2D eigenvalue weighted by Crippen LogP contribution is 2.26. The second kappa shape index (κ2) is 8.10. The first kappa shape index (κ1) is 19.9. The van der Waals surface area contributed by atoms with E-state index in [0.717, 1.165) is 13.2 Å².